The normalized spacial score (nSPS) is 11.1. The lowest BCUT2D eigenvalue weighted by Crippen LogP contribution is -2.30. The topological polar surface area (TPSA) is 102 Å². The molecule has 0 atom stereocenters. The highest BCUT2D eigenvalue weighted by Gasteiger charge is 2.13. The zero-order chi connectivity index (χ0) is 28.4. The van der Waals surface area contributed by atoms with Crippen LogP contribution in [0.25, 0.3) is 0 Å². The van der Waals surface area contributed by atoms with Crippen LogP contribution in [0.15, 0.2) is 59.1 Å². The molecule has 3 aromatic rings. The Kier molecular flexibility index (Phi) is 14.4. The number of benzene rings is 1. The third-order valence-electron chi connectivity index (χ3n) is 6.56. The number of aromatic nitrogens is 4. The fourth-order valence-electron chi connectivity index (χ4n) is 4.34. The van der Waals surface area contributed by atoms with Gasteiger partial charge in [-0.3, -0.25) is 9.59 Å². The van der Waals surface area contributed by atoms with Crippen molar-refractivity contribution < 1.29 is 9.18 Å². The van der Waals surface area contributed by atoms with E-state index >= 15 is 0 Å². The lowest BCUT2D eigenvalue weighted by molar-refractivity contribution is -0.121. The van der Waals surface area contributed by atoms with Crippen molar-refractivity contribution in [2.45, 2.75) is 81.7 Å². The van der Waals surface area contributed by atoms with Gasteiger partial charge in [0.15, 0.2) is 5.16 Å². The standard InChI is InChI=1S/C30H41FN6O2S/c1-32-15-9-7-5-3-2-4-6-8-10-16-35-28(38)21-37-20-26(17-25-18-33-23-34-19-25)29(39)36-30(37)40-22-24-11-13-27(31)14-12-24/h11-14,18-20,23,32H,2-10,15-17,21-22H2,1H3,(H,35,38). The predicted molar refractivity (Wildman–Crippen MR) is 158 cm³/mol. The molecule has 10 heteroatoms. The molecule has 0 saturated heterocycles. The molecule has 0 aliphatic heterocycles. The van der Waals surface area contributed by atoms with Gasteiger partial charge in [0.2, 0.25) is 5.91 Å². The molecule has 2 aromatic heterocycles. The van der Waals surface area contributed by atoms with Crippen LogP contribution in [0.4, 0.5) is 4.39 Å². The summed E-state index contributed by atoms with van der Waals surface area (Å²) in [7, 11) is 2.00. The lowest BCUT2D eigenvalue weighted by atomic mass is 10.1. The summed E-state index contributed by atoms with van der Waals surface area (Å²) in [5, 5.41) is 6.64. The number of carbonyl (C=O) groups excluding carboxylic acids is 1. The van der Waals surface area contributed by atoms with Crippen LogP contribution in [0, 0.1) is 5.82 Å². The molecule has 3 rings (SSSR count). The van der Waals surface area contributed by atoms with E-state index in [-0.39, 0.29) is 23.8 Å². The van der Waals surface area contributed by atoms with Crippen molar-refractivity contribution in [1.29, 1.82) is 0 Å². The molecular weight excluding hydrogens is 527 g/mol. The fourth-order valence-corrected chi connectivity index (χ4v) is 5.26. The molecule has 216 valence electrons. The number of thioether (sulfide) groups is 1. The highest BCUT2D eigenvalue weighted by molar-refractivity contribution is 7.98. The summed E-state index contributed by atoms with van der Waals surface area (Å²) >= 11 is 1.35. The van der Waals surface area contributed by atoms with Crippen LogP contribution in [0.3, 0.4) is 0 Å². The second-order valence-corrected chi connectivity index (χ2v) is 10.9. The monoisotopic (exact) mass is 568 g/mol. The second-order valence-electron chi connectivity index (χ2n) is 9.96. The first-order valence-electron chi connectivity index (χ1n) is 14.2. The Balaban J connectivity index is 1.50. The Morgan fingerprint density at radius 3 is 2.17 bits per heavy atom. The molecule has 0 bridgehead atoms. The fraction of sp³-hybridized carbons (Fsp3) is 0.500. The van der Waals surface area contributed by atoms with Crippen molar-refractivity contribution in [3.8, 4) is 0 Å². The maximum Gasteiger partial charge on any atom is 0.277 e. The number of carbonyl (C=O) groups is 1. The summed E-state index contributed by atoms with van der Waals surface area (Å²) in [6.07, 6.45) is 17.7. The number of unbranched alkanes of at least 4 members (excludes halogenated alkanes) is 8. The van der Waals surface area contributed by atoms with Crippen LogP contribution in [0.2, 0.25) is 0 Å². The van der Waals surface area contributed by atoms with Gasteiger partial charge in [-0.1, -0.05) is 68.8 Å². The lowest BCUT2D eigenvalue weighted by Gasteiger charge is -2.14. The summed E-state index contributed by atoms with van der Waals surface area (Å²) in [6.45, 7) is 1.79. The molecule has 0 fully saturated rings. The van der Waals surface area contributed by atoms with Gasteiger partial charge in [-0.15, -0.1) is 0 Å². The zero-order valence-electron chi connectivity index (χ0n) is 23.4. The van der Waals surface area contributed by atoms with Gasteiger partial charge in [0.25, 0.3) is 5.56 Å². The summed E-state index contributed by atoms with van der Waals surface area (Å²) < 4.78 is 15.0. The molecule has 0 aliphatic rings. The molecule has 1 amide bonds. The Hall–Kier alpha value is -3.11. The van der Waals surface area contributed by atoms with Crippen LogP contribution in [-0.2, 0) is 23.5 Å². The van der Waals surface area contributed by atoms with Crippen LogP contribution in [-0.4, -0.2) is 45.6 Å². The SMILES string of the molecule is CNCCCCCCCCCCCNC(=O)Cn1cc(Cc2cncnc2)c(=O)nc1SCc1ccc(F)cc1. The Morgan fingerprint density at radius 2 is 1.52 bits per heavy atom. The first kappa shape index (κ1) is 31.4. The highest BCUT2D eigenvalue weighted by atomic mass is 32.2. The van der Waals surface area contributed by atoms with E-state index in [0.29, 0.717) is 29.4 Å². The third kappa shape index (κ3) is 12.0. The van der Waals surface area contributed by atoms with Crippen molar-refractivity contribution in [3.05, 3.63) is 82.0 Å². The number of hydrogen-bond acceptors (Lipinski definition) is 7. The van der Waals surface area contributed by atoms with Crippen LogP contribution in [0.1, 0.15) is 74.5 Å². The van der Waals surface area contributed by atoms with Crippen molar-refractivity contribution in [1.82, 2.24) is 30.2 Å². The van der Waals surface area contributed by atoms with Gasteiger partial charge in [0.05, 0.1) is 0 Å². The van der Waals surface area contributed by atoms with E-state index in [1.807, 2.05) is 7.05 Å². The van der Waals surface area contributed by atoms with E-state index in [2.05, 4.69) is 25.6 Å². The van der Waals surface area contributed by atoms with Gasteiger partial charge >= 0.3 is 0 Å². The predicted octanol–water partition coefficient (Wildman–Crippen LogP) is 4.90. The Labute approximate surface area is 240 Å². The quantitative estimate of drug-likeness (QED) is 0.120. The molecule has 2 heterocycles. The second kappa shape index (κ2) is 18.3. The van der Waals surface area contributed by atoms with E-state index < -0.39 is 0 Å². The minimum Gasteiger partial charge on any atom is -0.355 e. The number of halogens is 1. The maximum atomic E-state index is 13.3. The van der Waals surface area contributed by atoms with Crippen molar-refractivity contribution >= 4 is 17.7 Å². The highest BCUT2D eigenvalue weighted by Crippen LogP contribution is 2.21. The number of hydrogen-bond donors (Lipinski definition) is 2. The molecule has 0 unspecified atom stereocenters. The van der Waals surface area contributed by atoms with E-state index in [1.165, 1.54) is 75.2 Å². The van der Waals surface area contributed by atoms with Crippen molar-refractivity contribution in [2.75, 3.05) is 20.1 Å². The smallest absolute Gasteiger partial charge is 0.277 e. The van der Waals surface area contributed by atoms with Gasteiger partial charge in [0.1, 0.15) is 18.7 Å². The molecule has 40 heavy (non-hydrogen) atoms. The van der Waals surface area contributed by atoms with Gasteiger partial charge in [-0.2, -0.15) is 4.98 Å². The number of nitrogens with zero attached hydrogens (tertiary/aromatic N) is 4. The van der Waals surface area contributed by atoms with E-state index in [0.717, 1.165) is 30.5 Å². The minimum absolute atomic E-state index is 0.0604. The van der Waals surface area contributed by atoms with Crippen molar-refractivity contribution in [2.24, 2.45) is 0 Å². The molecule has 0 radical (unpaired) electrons. The van der Waals surface area contributed by atoms with Crippen LogP contribution < -0.4 is 16.2 Å². The molecule has 0 aliphatic carbocycles. The summed E-state index contributed by atoms with van der Waals surface area (Å²) in [5.41, 5.74) is 1.81. The Morgan fingerprint density at radius 1 is 0.900 bits per heavy atom. The minimum atomic E-state index is -0.347. The Bertz CT molecular complexity index is 1210. The summed E-state index contributed by atoms with van der Waals surface area (Å²) in [4.78, 5) is 37.9. The summed E-state index contributed by atoms with van der Waals surface area (Å²) in [6, 6.07) is 6.21. The van der Waals surface area contributed by atoms with Gasteiger partial charge in [-0.25, -0.2) is 14.4 Å². The molecule has 8 nitrogen and oxygen atoms in total. The number of amides is 1. The number of nitrogens with one attached hydrogen (secondary N) is 2. The first-order chi connectivity index (χ1) is 19.5. The van der Waals surface area contributed by atoms with Crippen LogP contribution >= 0.6 is 11.8 Å². The van der Waals surface area contributed by atoms with E-state index in [4.69, 9.17) is 0 Å². The zero-order valence-corrected chi connectivity index (χ0v) is 24.2. The first-order valence-corrected chi connectivity index (χ1v) is 15.2. The molecule has 1 aromatic carbocycles. The molecule has 0 spiro atoms. The molecule has 0 saturated carbocycles. The van der Waals surface area contributed by atoms with E-state index in [9.17, 15) is 14.0 Å². The largest absolute Gasteiger partial charge is 0.355 e. The van der Waals surface area contributed by atoms with Gasteiger partial charge in [0, 0.05) is 42.9 Å². The summed E-state index contributed by atoms with van der Waals surface area (Å²) in [5.74, 6) is 0.0750. The molecular formula is C30H41FN6O2S. The van der Waals surface area contributed by atoms with Gasteiger partial charge in [-0.05, 0) is 49.7 Å². The number of rotatable bonds is 19. The van der Waals surface area contributed by atoms with E-state index in [1.54, 1.807) is 35.3 Å². The van der Waals surface area contributed by atoms with Crippen LogP contribution in [0.5, 0.6) is 0 Å². The van der Waals surface area contributed by atoms with Crippen molar-refractivity contribution in [3.63, 3.8) is 0 Å². The van der Waals surface area contributed by atoms with Gasteiger partial charge < -0.3 is 15.2 Å². The average molecular weight is 569 g/mol. The maximum absolute atomic E-state index is 13.3. The average Bonchev–Trinajstić information content (AvgIpc) is 2.96. The molecule has 2 N–H and O–H groups in total. The third-order valence-corrected chi connectivity index (χ3v) is 7.62.